The van der Waals surface area contributed by atoms with E-state index in [4.69, 9.17) is 4.74 Å². The number of esters is 1. The molecular formula is C9H15NO3. The Balaban J connectivity index is 2.57. The average molecular weight is 185 g/mol. The van der Waals surface area contributed by atoms with E-state index in [0.29, 0.717) is 13.0 Å². The Morgan fingerprint density at radius 3 is 3.00 bits per heavy atom. The molecule has 0 radical (unpaired) electrons. The van der Waals surface area contributed by atoms with E-state index in [1.807, 2.05) is 0 Å². The largest absolute Gasteiger partial charge is 0.465 e. The van der Waals surface area contributed by atoms with E-state index < -0.39 is 5.92 Å². The van der Waals surface area contributed by atoms with Crippen molar-refractivity contribution in [1.29, 1.82) is 0 Å². The number of likely N-dealkylation sites (tertiary alicyclic amines) is 1. The van der Waals surface area contributed by atoms with Gasteiger partial charge in [-0.2, -0.15) is 0 Å². The Morgan fingerprint density at radius 1 is 1.69 bits per heavy atom. The molecule has 0 N–H and O–H groups in total. The normalized spacial score (nSPS) is 23.1. The van der Waals surface area contributed by atoms with Gasteiger partial charge < -0.3 is 9.64 Å². The maximum Gasteiger partial charge on any atom is 0.318 e. The highest BCUT2D eigenvalue weighted by atomic mass is 16.5. The third-order valence-corrected chi connectivity index (χ3v) is 2.23. The van der Waals surface area contributed by atoms with Crippen molar-refractivity contribution in [2.45, 2.75) is 19.8 Å². The summed E-state index contributed by atoms with van der Waals surface area (Å²) in [6.07, 6.45) is 1.51. The summed E-state index contributed by atoms with van der Waals surface area (Å²) in [5, 5.41) is 0. The van der Waals surface area contributed by atoms with Gasteiger partial charge in [-0.15, -0.1) is 0 Å². The average Bonchev–Trinajstić information content (AvgIpc) is 2.10. The van der Waals surface area contributed by atoms with Crippen molar-refractivity contribution in [1.82, 2.24) is 4.90 Å². The summed E-state index contributed by atoms with van der Waals surface area (Å²) >= 11 is 0. The molecule has 74 valence electrons. The van der Waals surface area contributed by atoms with Crippen LogP contribution in [0.1, 0.15) is 19.8 Å². The number of piperidine rings is 1. The first kappa shape index (κ1) is 10.0. The lowest BCUT2D eigenvalue weighted by Crippen LogP contribution is -2.42. The Bertz CT molecular complexity index is 215. The minimum absolute atomic E-state index is 0.107. The fraction of sp³-hybridized carbons (Fsp3) is 0.778. The van der Waals surface area contributed by atoms with Crippen LogP contribution in [0.4, 0.5) is 0 Å². The topological polar surface area (TPSA) is 46.6 Å². The first-order chi connectivity index (χ1) is 6.16. The maximum absolute atomic E-state index is 11.5. The van der Waals surface area contributed by atoms with Crippen LogP contribution in [0.5, 0.6) is 0 Å². The molecule has 1 aliphatic rings. The molecular weight excluding hydrogens is 170 g/mol. The molecule has 1 aliphatic heterocycles. The van der Waals surface area contributed by atoms with Gasteiger partial charge in [0.25, 0.3) is 0 Å². The zero-order valence-electron chi connectivity index (χ0n) is 8.08. The van der Waals surface area contributed by atoms with E-state index in [-0.39, 0.29) is 11.9 Å². The van der Waals surface area contributed by atoms with E-state index in [1.165, 1.54) is 0 Å². The van der Waals surface area contributed by atoms with Gasteiger partial charge in [-0.1, -0.05) is 0 Å². The van der Waals surface area contributed by atoms with Crippen LogP contribution in [0.25, 0.3) is 0 Å². The summed E-state index contributed by atoms with van der Waals surface area (Å²) in [6.45, 7) is 2.83. The van der Waals surface area contributed by atoms with Crippen molar-refractivity contribution in [3.63, 3.8) is 0 Å². The highest BCUT2D eigenvalue weighted by Crippen LogP contribution is 2.17. The van der Waals surface area contributed by atoms with Gasteiger partial charge in [0.1, 0.15) is 5.92 Å². The van der Waals surface area contributed by atoms with Crippen molar-refractivity contribution in [2.24, 2.45) is 5.92 Å². The third kappa shape index (κ3) is 2.20. The predicted octanol–water partition coefficient (Wildman–Crippen LogP) is 0.418. The van der Waals surface area contributed by atoms with Crippen LogP contribution in [-0.2, 0) is 14.3 Å². The van der Waals surface area contributed by atoms with Crippen molar-refractivity contribution in [3.8, 4) is 0 Å². The number of nitrogens with zero attached hydrogens (tertiary/aromatic N) is 1. The van der Waals surface area contributed by atoms with Crippen LogP contribution < -0.4 is 0 Å². The van der Waals surface area contributed by atoms with Gasteiger partial charge in [-0.05, 0) is 19.8 Å². The SMILES string of the molecule is CCOC(=O)[C@H]1CCCN(C)C1=O. The summed E-state index contributed by atoms with van der Waals surface area (Å²) in [4.78, 5) is 24.3. The summed E-state index contributed by atoms with van der Waals surface area (Å²) < 4.78 is 4.81. The smallest absolute Gasteiger partial charge is 0.318 e. The fourth-order valence-corrected chi connectivity index (χ4v) is 1.49. The molecule has 1 rings (SSSR count). The number of amides is 1. The quantitative estimate of drug-likeness (QED) is 0.462. The maximum atomic E-state index is 11.5. The van der Waals surface area contributed by atoms with Gasteiger partial charge in [-0.25, -0.2) is 0 Å². The highest BCUT2D eigenvalue weighted by molar-refractivity contribution is 5.98. The standard InChI is InChI=1S/C9H15NO3/c1-3-13-9(12)7-5-4-6-10(2)8(7)11/h7H,3-6H2,1-2H3/t7-/m0/s1. The van der Waals surface area contributed by atoms with E-state index in [9.17, 15) is 9.59 Å². The van der Waals surface area contributed by atoms with Crippen LogP contribution >= 0.6 is 0 Å². The number of carbonyl (C=O) groups excluding carboxylic acids is 2. The van der Waals surface area contributed by atoms with E-state index >= 15 is 0 Å². The minimum atomic E-state index is -0.557. The number of hydrogen-bond acceptors (Lipinski definition) is 3. The lowest BCUT2D eigenvalue weighted by Gasteiger charge is -2.27. The molecule has 0 aromatic heterocycles. The molecule has 0 aromatic carbocycles. The Morgan fingerprint density at radius 2 is 2.38 bits per heavy atom. The van der Waals surface area contributed by atoms with Crippen molar-refractivity contribution < 1.29 is 14.3 Å². The lowest BCUT2D eigenvalue weighted by molar-refractivity contribution is -0.157. The molecule has 1 amide bonds. The summed E-state index contributed by atoms with van der Waals surface area (Å²) in [6, 6.07) is 0. The molecule has 1 fully saturated rings. The molecule has 0 bridgehead atoms. The Labute approximate surface area is 77.8 Å². The second kappa shape index (κ2) is 4.25. The van der Waals surface area contributed by atoms with Gasteiger partial charge in [0.2, 0.25) is 5.91 Å². The van der Waals surface area contributed by atoms with Crippen LogP contribution in [0.3, 0.4) is 0 Å². The molecule has 0 aromatic rings. The lowest BCUT2D eigenvalue weighted by atomic mass is 9.98. The molecule has 4 heteroatoms. The van der Waals surface area contributed by atoms with Gasteiger partial charge in [0.15, 0.2) is 0 Å². The van der Waals surface area contributed by atoms with Gasteiger partial charge in [0, 0.05) is 13.6 Å². The second-order valence-electron chi connectivity index (χ2n) is 3.21. The molecule has 0 aliphatic carbocycles. The van der Waals surface area contributed by atoms with Crippen LogP contribution in [0.15, 0.2) is 0 Å². The summed E-state index contributed by atoms with van der Waals surface area (Å²) in [5.41, 5.74) is 0. The van der Waals surface area contributed by atoms with E-state index in [1.54, 1.807) is 18.9 Å². The zero-order valence-corrected chi connectivity index (χ0v) is 8.08. The van der Waals surface area contributed by atoms with Crippen molar-refractivity contribution >= 4 is 11.9 Å². The van der Waals surface area contributed by atoms with Crippen LogP contribution in [0.2, 0.25) is 0 Å². The number of ether oxygens (including phenoxy) is 1. The highest BCUT2D eigenvalue weighted by Gasteiger charge is 2.33. The number of hydrogen-bond donors (Lipinski definition) is 0. The van der Waals surface area contributed by atoms with Crippen molar-refractivity contribution in [2.75, 3.05) is 20.2 Å². The first-order valence-corrected chi connectivity index (χ1v) is 4.58. The first-order valence-electron chi connectivity index (χ1n) is 4.58. The van der Waals surface area contributed by atoms with Crippen molar-refractivity contribution in [3.05, 3.63) is 0 Å². The summed E-state index contributed by atoms with van der Waals surface area (Å²) in [5.74, 6) is -1.04. The molecule has 0 spiro atoms. The predicted molar refractivity (Wildman–Crippen MR) is 47.0 cm³/mol. The van der Waals surface area contributed by atoms with Crippen LogP contribution in [0, 0.1) is 5.92 Å². The molecule has 0 unspecified atom stereocenters. The minimum Gasteiger partial charge on any atom is -0.465 e. The summed E-state index contributed by atoms with van der Waals surface area (Å²) in [7, 11) is 1.72. The monoisotopic (exact) mass is 185 g/mol. The molecule has 1 heterocycles. The molecule has 1 saturated heterocycles. The van der Waals surface area contributed by atoms with E-state index in [0.717, 1.165) is 13.0 Å². The van der Waals surface area contributed by atoms with Gasteiger partial charge in [-0.3, -0.25) is 9.59 Å². The fourth-order valence-electron chi connectivity index (χ4n) is 1.49. The number of carbonyl (C=O) groups is 2. The molecule has 0 saturated carbocycles. The third-order valence-electron chi connectivity index (χ3n) is 2.23. The van der Waals surface area contributed by atoms with Gasteiger partial charge >= 0.3 is 5.97 Å². The molecule has 13 heavy (non-hydrogen) atoms. The second-order valence-corrected chi connectivity index (χ2v) is 3.21. The Kier molecular flexibility index (Phi) is 3.28. The molecule has 4 nitrogen and oxygen atoms in total. The van der Waals surface area contributed by atoms with Crippen LogP contribution in [-0.4, -0.2) is 37.0 Å². The zero-order chi connectivity index (χ0) is 9.84. The number of rotatable bonds is 2. The van der Waals surface area contributed by atoms with E-state index in [2.05, 4.69) is 0 Å². The van der Waals surface area contributed by atoms with Gasteiger partial charge in [0.05, 0.1) is 6.61 Å². The molecule has 1 atom stereocenters. The Hall–Kier alpha value is -1.06.